The Kier molecular flexibility index (Phi) is 8.61. The van der Waals surface area contributed by atoms with Crippen molar-refractivity contribution in [2.75, 3.05) is 9.80 Å². The second-order valence-electron chi connectivity index (χ2n) is 8.96. The number of anilines is 2. The summed E-state index contributed by atoms with van der Waals surface area (Å²) < 4.78 is 1.86. The van der Waals surface area contributed by atoms with Gasteiger partial charge in [0.15, 0.2) is 0 Å². The van der Waals surface area contributed by atoms with Crippen molar-refractivity contribution in [3.05, 3.63) is 56.5 Å². The van der Waals surface area contributed by atoms with Gasteiger partial charge in [-0.15, -0.1) is 0 Å². The number of nitrogens with two attached hydrogens (primary N) is 1. The first kappa shape index (κ1) is 27.2. The third-order valence-electron chi connectivity index (χ3n) is 6.30. The number of rotatable bonds is 1. The van der Waals surface area contributed by atoms with Gasteiger partial charge in [0.05, 0.1) is 6.04 Å². The largest absolute Gasteiger partial charge is 0.465 e. The van der Waals surface area contributed by atoms with E-state index in [1.54, 1.807) is 11.8 Å². The van der Waals surface area contributed by atoms with Crippen molar-refractivity contribution in [2.24, 2.45) is 5.73 Å². The Morgan fingerprint density at radius 2 is 1.34 bits per heavy atom. The van der Waals surface area contributed by atoms with Crippen molar-refractivity contribution >= 4 is 61.1 Å². The van der Waals surface area contributed by atoms with Gasteiger partial charge in [-0.3, -0.25) is 9.59 Å². The fourth-order valence-corrected chi connectivity index (χ4v) is 5.72. The number of nitrogens with zero attached hydrogens (tertiary/aromatic N) is 2. The normalized spacial score (nSPS) is 22.8. The van der Waals surface area contributed by atoms with E-state index in [-0.39, 0.29) is 36.0 Å². The molecule has 35 heavy (non-hydrogen) atoms. The summed E-state index contributed by atoms with van der Waals surface area (Å²) in [5.41, 5.74) is 9.70. The van der Waals surface area contributed by atoms with Crippen LogP contribution in [0, 0.1) is 0 Å². The minimum atomic E-state index is -1.06. The van der Waals surface area contributed by atoms with E-state index in [0.717, 1.165) is 37.9 Å². The van der Waals surface area contributed by atoms with Gasteiger partial charge in [-0.2, -0.15) is 0 Å². The summed E-state index contributed by atoms with van der Waals surface area (Å²) in [7, 11) is 0. The molecule has 188 valence electrons. The predicted molar refractivity (Wildman–Crippen MR) is 144 cm³/mol. The number of carbonyl (C=O) groups excluding carboxylic acids is 2. The first-order chi connectivity index (χ1) is 16.4. The van der Waals surface area contributed by atoms with E-state index in [4.69, 9.17) is 10.8 Å². The van der Waals surface area contributed by atoms with Gasteiger partial charge in [0.2, 0.25) is 11.8 Å². The Morgan fingerprint density at radius 3 is 1.83 bits per heavy atom. The molecule has 0 saturated heterocycles. The van der Waals surface area contributed by atoms with Crippen LogP contribution in [-0.2, 0) is 9.59 Å². The van der Waals surface area contributed by atoms with Crippen LogP contribution in [0.25, 0.3) is 0 Å². The van der Waals surface area contributed by atoms with Crippen LogP contribution in [0.1, 0.15) is 63.7 Å². The molecule has 0 fully saturated rings. The number of carboxylic acid groups (broad SMARTS) is 1. The van der Waals surface area contributed by atoms with Gasteiger partial charge in [0.1, 0.15) is 0 Å². The zero-order valence-corrected chi connectivity index (χ0v) is 23.3. The maximum Gasteiger partial charge on any atom is 0.405 e. The van der Waals surface area contributed by atoms with Crippen molar-refractivity contribution in [3.8, 4) is 0 Å². The van der Waals surface area contributed by atoms with Gasteiger partial charge in [-0.1, -0.05) is 31.9 Å². The molecule has 0 aliphatic carbocycles. The summed E-state index contributed by atoms with van der Waals surface area (Å²) in [5.74, 6) is 0.0350. The van der Waals surface area contributed by atoms with E-state index in [0.29, 0.717) is 6.42 Å². The quantitative estimate of drug-likeness (QED) is 0.395. The molecule has 2 aliphatic heterocycles. The first-order valence-corrected chi connectivity index (χ1v) is 12.9. The molecule has 4 atom stereocenters. The van der Waals surface area contributed by atoms with Gasteiger partial charge < -0.3 is 26.0 Å². The van der Waals surface area contributed by atoms with Gasteiger partial charge in [-0.05, 0) is 74.2 Å². The Hall–Kier alpha value is -2.43. The molecule has 2 aromatic carbocycles. The highest BCUT2D eigenvalue weighted by Gasteiger charge is 2.33. The molecule has 2 heterocycles. The summed E-state index contributed by atoms with van der Waals surface area (Å²) in [4.78, 5) is 37.8. The van der Waals surface area contributed by atoms with E-state index >= 15 is 0 Å². The van der Waals surface area contributed by atoms with Crippen LogP contribution >= 0.6 is 31.9 Å². The van der Waals surface area contributed by atoms with Crippen molar-refractivity contribution < 1.29 is 19.5 Å². The molecule has 4 N–H and O–H groups in total. The van der Waals surface area contributed by atoms with Gasteiger partial charge in [-0.25, -0.2) is 4.79 Å². The number of amides is 3. The highest BCUT2D eigenvalue weighted by atomic mass is 79.9. The van der Waals surface area contributed by atoms with Crippen LogP contribution in [-0.4, -0.2) is 35.1 Å². The van der Waals surface area contributed by atoms with Crippen LogP contribution in [0.3, 0.4) is 0 Å². The number of hydrogen-bond donors (Lipinski definition) is 3. The molecule has 2 aromatic rings. The zero-order chi connectivity index (χ0) is 26.0. The van der Waals surface area contributed by atoms with Crippen molar-refractivity contribution in [3.63, 3.8) is 0 Å². The first-order valence-electron chi connectivity index (χ1n) is 11.3. The number of hydrogen-bond acceptors (Lipinski definition) is 4. The van der Waals surface area contributed by atoms with Gasteiger partial charge >= 0.3 is 6.09 Å². The van der Waals surface area contributed by atoms with E-state index < -0.39 is 6.09 Å². The molecular weight excluding hydrogens is 580 g/mol. The highest BCUT2D eigenvalue weighted by molar-refractivity contribution is 9.10. The summed E-state index contributed by atoms with van der Waals surface area (Å²) in [6, 6.07) is 11.3. The predicted octanol–water partition coefficient (Wildman–Crippen LogP) is 5.50. The third kappa shape index (κ3) is 6.05. The molecule has 10 heteroatoms. The van der Waals surface area contributed by atoms with E-state index in [9.17, 15) is 14.4 Å². The molecule has 2 aliphatic rings. The average molecular weight is 610 g/mol. The number of carbonyl (C=O) groups is 3. The van der Waals surface area contributed by atoms with Crippen molar-refractivity contribution in [1.29, 1.82) is 0 Å². The molecule has 4 rings (SSSR count). The molecule has 0 radical (unpaired) electrons. The third-order valence-corrected chi connectivity index (χ3v) is 7.29. The Balaban J connectivity index is 0.000000198. The van der Waals surface area contributed by atoms with Crippen LogP contribution in [0.2, 0.25) is 0 Å². The Bertz CT molecular complexity index is 1140. The van der Waals surface area contributed by atoms with Crippen LogP contribution in [0.5, 0.6) is 0 Å². The molecule has 0 spiro atoms. The van der Waals surface area contributed by atoms with E-state index in [2.05, 4.69) is 37.2 Å². The maximum absolute atomic E-state index is 11.8. The topological polar surface area (TPSA) is 116 Å². The monoisotopic (exact) mass is 608 g/mol. The van der Waals surface area contributed by atoms with Crippen LogP contribution in [0.15, 0.2) is 45.3 Å². The number of nitrogens with one attached hydrogen (secondary N) is 1. The standard InChI is InChI=1S/C13H15BrN2O3.C12H15BrN2O/c1-7-5-11(15-13(18)19)10-6-9(14)3-4-12(10)16(7)8(2)17;1-7-5-11(14)10-6-9(13)3-4-12(10)15(7)8(2)16/h3-4,6-7,11,15H,5H2,1-2H3,(H,18,19);3-4,6-7,11H,5,14H2,1-2H3/t2*7-,11+/m00/s1. The number of halogens is 2. The summed E-state index contributed by atoms with van der Waals surface area (Å²) in [6.07, 6.45) is 0.317. The van der Waals surface area contributed by atoms with Crippen LogP contribution in [0.4, 0.5) is 16.2 Å². The summed E-state index contributed by atoms with van der Waals surface area (Å²) >= 11 is 6.81. The highest BCUT2D eigenvalue weighted by Crippen LogP contribution is 2.39. The van der Waals surface area contributed by atoms with E-state index in [1.165, 1.54) is 6.92 Å². The Labute approximate surface area is 222 Å². The van der Waals surface area contributed by atoms with Gasteiger partial charge in [0, 0.05) is 52.3 Å². The summed E-state index contributed by atoms with van der Waals surface area (Å²) in [6.45, 7) is 7.07. The number of fused-ring (bicyclic) bond motifs is 2. The molecular formula is C25H30Br2N4O4. The van der Waals surface area contributed by atoms with E-state index in [1.807, 2.05) is 55.1 Å². The zero-order valence-electron chi connectivity index (χ0n) is 20.1. The SMILES string of the molecule is CC(=O)N1c2ccc(Br)cc2[C@H](N)C[C@@H]1C.CC(=O)N1c2ccc(Br)cc2[C@H](NC(=O)O)C[C@@H]1C. The fourth-order valence-electron chi connectivity index (χ4n) is 4.96. The lowest BCUT2D eigenvalue weighted by Gasteiger charge is -2.38. The maximum atomic E-state index is 11.8. The number of benzene rings is 2. The second kappa shape index (κ2) is 11.1. The fraction of sp³-hybridized carbons (Fsp3) is 0.400. The summed E-state index contributed by atoms with van der Waals surface area (Å²) in [5, 5.41) is 11.4. The van der Waals surface area contributed by atoms with Gasteiger partial charge in [0.25, 0.3) is 0 Å². The smallest absolute Gasteiger partial charge is 0.405 e. The molecule has 0 saturated carbocycles. The second-order valence-corrected chi connectivity index (χ2v) is 10.8. The molecule has 8 nitrogen and oxygen atoms in total. The minimum Gasteiger partial charge on any atom is -0.465 e. The lowest BCUT2D eigenvalue weighted by Crippen LogP contribution is -2.45. The lowest BCUT2D eigenvalue weighted by molar-refractivity contribution is -0.118. The minimum absolute atomic E-state index is 0.0121. The van der Waals surface area contributed by atoms with Crippen molar-refractivity contribution in [1.82, 2.24) is 5.32 Å². The average Bonchev–Trinajstić information content (AvgIpc) is 2.74. The molecule has 3 amide bonds. The lowest BCUT2D eigenvalue weighted by atomic mass is 9.91. The van der Waals surface area contributed by atoms with Crippen LogP contribution < -0.4 is 20.9 Å². The van der Waals surface area contributed by atoms with Crippen molar-refractivity contribution in [2.45, 2.75) is 64.7 Å². The molecule has 0 aromatic heterocycles. The Morgan fingerprint density at radius 1 is 0.886 bits per heavy atom. The molecule has 0 unspecified atom stereocenters. The molecule has 0 bridgehead atoms.